The highest BCUT2D eigenvalue weighted by Crippen LogP contribution is 2.14. The van der Waals surface area contributed by atoms with Crippen molar-refractivity contribution >= 4 is 0 Å². The first-order valence-corrected chi connectivity index (χ1v) is 13.0. The second-order valence-electron chi connectivity index (χ2n) is 8.63. The van der Waals surface area contributed by atoms with Crippen molar-refractivity contribution in [3.63, 3.8) is 0 Å². The maximum absolute atomic E-state index is 3.91. The second-order valence-corrected chi connectivity index (χ2v) is 8.63. The molecule has 0 aliphatic rings. The average Bonchev–Trinajstić information content (AvgIpc) is 2.71. The molecule has 0 aliphatic carbocycles. The minimum absolute atomic E-state index is 1.09. The summed E-state index contributed by atoms with van der Waals surface area (Å²) in [4.78, 5) is 0. The molecule has 0 saturated carbocycles. The molecular formula is C28H52. The van der Waals surface area contributed by atoms with E-state index in [1.807, 2.05) is 0 Å². The molecule has 28 heavy (non-hydrogen) atoms. The first-order chi connectivity index (χ1) is 13.9. The molecule has 0 N–H and O–H groups in total. The van der Waals surface area contributed by atoms with Crippen LogP contribution in [0, 0.1) is 25.7 Å². The normalized spacial score (nSPS) is 10.8. The van der Waals surface area contributed by atoms with E-state index < -0.39 is 0 Å². The predicted molar refractivity (Wildman–Crippen MR) is 129 cm³/mol. The third-order valence-electron chi connectivity index (χ3n) is 5.73. The van der Waals surface area contributed by atoms with E-state index in [1.54, 1.807) is 0 Å². The summed E-state index contributed by atoms with van der Waals surface area (Å²) in [6.07, 6.45) is 32.5. The SMILES string of the molecule is [CH2]CCCCCCC#CCCCCCCCCCCCCCCCCCC[CH2]. The number of rotatable bonds is 22. The Bertz CT molecular complexity index is 319. The van der Waals surface area contributed by atoms with Crippen LogP contribution >= 0.6 is 0 Å². The molecule has 0 aromatic carbocycles. The van der Waals surface area contributed by atoms with E-state index in [4.69, 9.17) is 0 Å². The summed E-state index contributed by atoms with van der Waals surface area (Å²) >= 11 is 0. The van der Waals surface area contributed by atoms with Gasteiger partial charge in [0.15, 0.2) is 0 Å². The van der Waals surface area contributed by atoms with Crippen molar-refractivity contribution in [3.05, 3.63) is 13.8 Å². The van der Waals surface area contributed by atoms with Crippen LogP contribution in [0.5, 0.6) is 0 Å². The molecule has 0 bridgehead atoms. The van der Waals surface area contributed by atoms with E-state index in [9.17, 15) is 0 Å². The second kappa shape index (κ2) is 26.6. The lowest BCUT2D eigenvalue weighted by atomic mass is 10.0. The maximum Gasteiger partial charge on any atom is 0.00886 e. The summed E-state index contributed by atoms with van der Waals surface area (Å²) < 4.78 is 0. The van der Waals surface area contributed by atoms with Gasteiger partial charge in [0, 0.05) is 12.8 Å². The van der Waals surface area contributed by atoms with E-state index in [0.717, 1.165) is 25.7 Å². The zero-order valence-corrected chi connectivity index (χ0v) is 19.4. The van der Waals surface area contributed by atoms with E-state index >= 15 is 0 Å². The van der Waals surface area contributed by atoms with Gasteiger partial charge in [-0.05, 0) is 12.8 Å². The Labute approximate surface area is 180 Å². The molecule has 0 heteroatoms. The van der Waals surface area contributed by atoms with Gasteiger partial charge >= 0.3 is 0 Å². The molecule has 0 aromatic rings. The van der Waals surface area contributed by atoms with Gasteiger partial charge in [0.05, 0.1) is 0 Å². The summed E-state index contributed by atoms with van der Waals surface area (Å²) in [7, 11) is 0. The Hall–Kier alpha value is -0.440. The summed E-state index contributed by atoms with van der Waals surface area (Å²) in [6, 6.07) is 0. The van der Waals surface area contributed by atoms with Crippen LogP contribution in [0.15, 0.2) is 0 Å². The van der Waals surface area contributed by atoms with Crippen LogP contribution in [-0.2, 0) is 0 Å². The molecule has 0 nitrogen and oxygen atoms in total. The molecular weight excluding hydrogens is 336 g/mol. The lowest BCUT2D eigenvalue weighted by molar-refractivity contribution is 0.529. The molecule has 0 heterocycles. The zero-order valence-electron chi connectivity index (χ0n) is 19.4. The van der Waals surface area contributed by atoms with Crippen molar-refractivity contribution in [2.24, 2.45) is 0 Å². The monoisotopic (exact) mass is 388 g/mol. The fourth-order valence-corrected chi connectivity index (χ4v) is 3.79. The molecule has 2 radical (unpaired) electrons. The highest BCUT2D eigenvalue weighted by molar-refractivity contribution is 4.98. The summed E-state index contributed by atoms with van der Waals surface area (Å²) in [6.45, 7) is 7.79. The molecule has 0 amide bonds. The topological polar surface area (TPSA) is 0 Å². The van der Waals surface area contributed by atoms with Gasteiger partial charge in [0.25, 0.3) is 0 Å². The van der Waals surface area contributed by atoms with Crippen molar-refractivity contribution in [3.8, 4) is 11.8 Å². The van der Waals surface area contributed by atoms with Gasteiger partial charge in [-0.25, -0.2) is 0 Å². The minimum atomic E-state index is 1.09. The van der Waals surface area contributed by atoms with Crippen molar-refractivity contribution in [1.82, 2.24) is 0 Å². The minimum Gasteiger partial charge on any atom is -0.103 e. The highest BCUT2D eigenvalue weighted by atomic mass is 14.0. The fraction of sp³-hybridized carbons (Fsp3) is 0.857. The van der Waals surface area contributed by atoms with Gasteiger partial charge in [-0.3, -0.25) is 0 Å². The van der Waals surface area contributed by atoms with Crippen molar-refractivity contribution in [1.29, 1.82) is 0 Å². The lowest BCUT2D eigenvalue weighted by Crippen LogP contribution is -1.83. The zero-order chi connectivity index (χ0) is 20.4. The fourth-order valence-electron chi connectivity index (χ4n) is 3.79. The van der Waals surface area contributed by atoms with Gasteiger partial charge in [0.2, 0.25) is 0 Å². The van der Waals surface area contributed by atoms with Gasteiger partial charge < -0.3 is 0 Å². The maximum atomic E-state index is 3.91. The van der Waals surface area contributed by atoms with Crippen LogP contribution in [0.4, 0.5) is 0 Å². The van der Waals surface area contributed by atoms with Crippen LogP contribution < -0.4 is 0 Å². The molecule has 0 fully saturated rings. The van der Waals surface area contributed by atoms with Gasteiger partial charge in [0.1, 0.15) is 0 Å². The smallest absolute Gasteiger partial charge is 0.00886 e. The summed E-state index contributed by atoms with van der Waals surface area (Å²) in [5.74, 6) is 6.71. The average molecular weight is 389 g/mol. The van der Waals surface area contributed by atoms with Crippen molar-refractivity contribution in [2.45, 2.75) is 154 Å². The number of hydrogen-bond donors (Lipinski definition) is 0. The molecule has 0 aliphatic heterocycles. The van der Waals surface area contributed by atoms with Crippen LogP contribution in [-0.4, -0.2) is 0 Å². The molecule has 164 valence electrons. The third kappa shape index (κ3) is 25.6. The van der Waals surface area contributed by atoms with Crippen LogP contribution in [0.3, 0.4) is 0 Å². The van der Waals surface area contributed by atoms with Crippen molar-refractivity contribution < 1.29 is 0 Å². The molecule has 0 saturated heterocycles. The molecule has 0 rings (SSSR count). The van der Waals surface area contributed by atoms with E-state index in [1.165, 1.54) is 128 Å². The summed E-state index contributed by atoms with van der Waals surface area (Å²) in [5, 5.41) is 0. The van der Waals surface area contributed by atoms with Gasteiger partial charge in [-0.15, -0.1) is 11.8 Å². The molecule has 0 unspecified atom stereocenters. The summed E-state index contributed by atoms with van der Waals surface area (Å²) in [5.41, 5.74) is 0. The molecule has 0 aromatic heterocycles. The first kappa shape index (κ1) is 27.6. The lowest BCUT2D eigenvalue weighted by Gasteiger charge is -2.03. The molecule has 0 atom stereocenters. The Balaban J connectivity index is 3.05. The highest BCUT2D eigenvalue weighted by Gasteiger charge is 1.94. The van der Waals surface area contributed by atoms with Crippen LogP contribution in [0.25, 0.3) is 0 Å². The standard InChI is InChI=1S/C28H52/c1-3-5-7-9-11-13-15-17-19-21-23-25-27-28-26-24-22-20-18-16-14-12-10-8-6-4-2/h1-15,17,19-28H2. The largest absolute Gasteiger partial charge is 0.103 e. The Kier molecular flexibility index (Phi) is 26.1. The van der Waals surface area contributed by atoms with E-state index in [0.29, 0.717) is 0 Å². The van der Waals surface area contributed by atoms with Crippen LogP contribution in [0.2, 0.25) is 0 Å². The van der Waals surface area contributed by atoms with Gasteiger partial charge in [-0.1, -0.05) is 142 Å². The van der Waals surface area contributed by atoms with E-state index in [-0.39, 0.29) is 0 Å². The number of unbranched alkanes of at least 4 members (excludes halogenated alkanes) is 22. The molecule has 0 spiro atoms. The number of hydrogen-bond acceptors (Lipinski definition) is 0. The Morgan fingerprint density at radius 2 is 0.500 bits per heavy atom. The van der Waals surface area contributed by atoms with E-state index in [2.05, 4.69) is 25.7 Å². The first-order valence-electron chi connectivity index (χ1n) is 13.0. The quantitative estimate of drug-likeness (QED) is 0.128. The van der Waals surface area contributed by atoms with Crippen LogP contribution in [0.1, 0.15) is 154 Å². The van der Waals surface area contributed by atoms with Crippen molar-refractivity contribution in [2.75, 3.05) is 0 Å². The van der Waals surface area contributed by atoms with Gasteiger partial charge in [-0.2, -0.15) is 0 Å². The predicted octanol–water partition coefficient (Wildman–Crippen LogP) is 10.0. The Morgan fingerprint density at radius 3 is 0.750 bits per heavy atom. The third-order valence-corrected chi connectivity index (χ3v) is 5.73. The Morgan fingerprint density at radius 1 is 0.286 bits per heavy atom.